The molecule has 6 heteroatoms. The summed E-state index contributed by atoms with van der Waals surface area (Å²) in [5, 5.41) is -0.488. The second-order valence-corrected chi connectivity index (χ2v) is 4.73. The number of nitrogens with zero attached hydrogens (tertiary/aromatic N) is 1. The highest BCUT2D eigenvalue weighted by molar-refractivity contribution is 9.10. The third-order valence-electron chi connectivity index (χ3n) is 2.04. The van der Waals surface area contributed by atoms with Crippen LogP contribution in [-0.4, -0.2) is 11.8 Å². The number of hydrogen-bond acceptors (Lipinski definition) is 2. The molecule has 0 aliphatic carbocycles. The van der Waals surface area contributed by atoms with Gasteiger partial charge in [-0.05, 0) is 18.2 Å². The molecule has 0 spiro atoms. The molecule has 2 amide bonds. The topological polar surface area (TPSA) is 37.4 Å². The van der Waals surface area contributed by atoms with Crippen LogP contribution in [0, 0.1) is 0 Å². The number of halogens is 3. The van der Waals surface area contributed by atoms with Crippen LogP contribution in [0.1, 0.15) is 0 Å². The van der Waals surface area contributed by atoms with Gasteiger partial charge in [-0.25, -0.2) is 4.90 Å². The fourth-order valence-electron chi connectivity index (χ4n) is 1.33. The Kier molecular flexibility index (Phi) is 3.06. The molecular formula is C10H4BrCl2NO2. The molecule has 82 valence electrons. The molecule has 1 heterocycles. The lowest BCUT2D eigenvalue weighted by Gasteiger charge is -2.14. The molecule has 0 atom stereocenters. The van der Waals surface area contributed by atoms with Gasteiger partial charge in [-0.3, -0.25) is 9.59 Å². The fraction of sp³-hybridized carbons (Fsp3) is 0. The number of benzene rings is 1. The van der Waals surface area contributed by atoms with Gasteiger partial charge in [0.2, 0.25) is 0 Å². The normalized spacial score (nSPS) is 16.3. The molecule has 0 saturated carbocycles. The van der Waals surface area contributed by atoms with Gasteiger partial charge >= 0.3 is 0 Å². The monoisotopic (exact) mass is 319 g/mol. The smallest absolute Gasteiger partial charge is 0.267 e. The molecule has 2 rings (SSSR count). The lowest BCUT2D eigenvalue weighted by atomic mass is 10.3. The van der Waals surface area contributed by atoms with Gasteiger partial charge in [-0.1, -0.05) is 45.2 Å². The number of imide groups is 1. The van der Waals surface area contributed by atoms with Gasteiger partial charge < -0.3 is 0 Å². The maximum atomic E-state index is 11.7. The average molecular weight is 321 g/mol. The van der Waals surface area contributed by atoms with Gasteiger partial charge in [0, 0.05) is 4.47 Å². The molecule has 1 aliphatic rings. The van der Waals surface area contributed by atoms with Crippen molar-refractivity contribution in [2.75, 3.05) is 4.90 Å². The molecule has 0 N–H and O–H groups in total. The van der Waals surface area contributed by atoms with Crippen molar-refractivity contribution in [2.45, 2.75) is 0 Å². The van der Waals surface area contributed by atoms with Crippen molar-refractivity contribution < 1.29 is 9.59 Å². The zero-order valence-corrected chi connectivity index (χ0v) is 10.8. The molecule has 1 aromatic rings. The molecular weight excluding hydrogens is 317 g/mol. The lowest BCUT2D eigenvalue weighted by Crippen LogP contribution is -2.30. The minimum Gasteiger partial charge on any atom is -0.267 e. The second kappa shape index (κ2) is 4.20. The zero-order chi connectivity index (χ0) is 11.9. The van der Waals surface area contributed by atoms with Crippen LogP contribution in [0.5, 0.6) is 0 Å². The van der Waals surface area contributed by atoms with Crippen LogP contribution in [-0.2, 0) is 9.59 Å². The highest BCUT2D eigenvalue weighted by Gasteiger charge is 2.37. The van der Waals surface area contributed by atoms with Crippen molar-refractivity contribution in [1.29, 1.82) is 0 Å². The van der Waals surface area contributed by atoms with Gasteiger partial charge in [-0.2, -0.15) is 0 Å². The van der Waals surface area contributed by atoms with Gasteiger partial charge in [0.1, 0.15) is 10.1 Å². The first-order chi connectivity index (χ1) is 7.52. The van der Waals surface area contributed by atoms with Crippen molar-refractivity contribution in [3.8, 4) is 0 Å². The predicted molar refractivity (Wildman–Crippen MR) is 65.4 cm³/mol. The number of carbonyl (C=O) groups excluding carboxylic acids is 2. The Morgan fingerprint density at radius 1 is 1.06 bits per heavy atom. The molecule has 0 aromatic heterocycles. The van der Waals surface area contributed by atoms with E-state index in [0.717, 1.165) is 9.37 Å². The van der Waals surface area contributed by atoms with Gasteiger partial charge in [0.05, 0.1) is 5.69 Å². The Balaban J connectivity index is 2.46. The molecule has 1 aliphatic heterocycles. The maximum Gasteiger partial charge on any atom is 0.278 e. The summed E-state index contributed by atoms with van der Waals surface area (Å²) < 4.78 is 0.754. The summed E-state index contributed by atoms with van der Waals surface area (Å²) in [4.78, 5) is 24.2. The molecule has 3 nitrogen and oxygen atoms in total. The largest absolute Gasteiger partial charge is 0.278 e. The molecule has 0 bridgehead atoms. The minimum atomic E-state index is -0.602. The van der Waals surface area contributed by atoms with E-state index in [9.17, 15) is 9.59 Å². The fourth-order valence-corrected chi connectivity index (χ4v) is 2.04. The predicted octanol–water partition coefficient (Wildman–Crippen LogP) is 3.01. The molecule has 0 saturated heterocycles. The summed E-state index contributed by atoms with van der Waals surface area (Å²) in [6.07, 6.45) is 0. The van der Waals surface area contributed by atoms with Gasteiger partial charge in [0.15, 0.2) is 0 Å². The first-order valence-electron chi connectivity index (χ1n) is 4.22. The first kappa shape index (κ1) is 11.6. The number of rotatable bonds is 1. The van der Waals surface area contributed by atoms with E-state index in [1.807, 2.05) is 0 Å². The van der Waals surface area contributed by atoms with E-state index < -0.39 is 11.8 Å². The van der Waals surface area contributed by atoms with E-state index in [1.165, 1.54) is 0 Å². The Morgan fingerprint density at radius 2 is 1.62 bits per heavy atom. The number of amides is 2. The van der Waals surface area contributed by atoms with Crippen LogP contribution < -0.4 is 4.90 Å². The molecule has 1 aromatic carbocycles. The van der Waals surface area contributed by atoms with Crippen LogP contribution in [0.3, 0.4) is 0 Å². The standard InChI is InChI=1S/C10H4BrCl2NO2/c11-5-2-1-3-6(4-5)14-9(15)7(12)8(13)10(14)16/h1-4H. The molecule has 16 heavy (non-hydrogen) atoms. The Morgan fingerprint density at radius 3 is 2.12 bits per heavy atom. The quantitative estimate of drug-likeness (QED) is 0.746. The average Bonchev–Trinajstić information content (AvgIpc) is 2.44. The third-order valence-corrected chi connectivity index (χ3v) is 3.33. The summed E-state index contributed by atoms with van der Waals surface area (Å²) in [5.41, 5.74) is 0.429. The third kappa shape index (κ3) is 1.77. The molecule has 0 radical (unpaired) electrons. The van der Waals surface area contributed by atoms with Crippen LogP contribution in [0.15, 0.2) is 38.8 Å². The zero-order valence-electron chi connectivity index (χ0n) is 7.71. The summed E-state index contributed by atoms with van der Waals surface area (Å²) in [6.45, 7) is 0. The van der Waals surface area contributed by atoms with E-state index in [2.05, 4.69) is 15.9 Å². The molecule has 0 unspecified atom stereocenters. The van der Waals surface area contributed by atoms with Crippen molar-refractivity contribution in [1.82, 2.24) is 0 Å². The van der Waals surface area contributed by atoms with Crippen LogP contribution in [0.2, 0.25) is 0 Å². The van der Waals surface area contributed by atoms with E-state index in [0.29, 0.717) is 5.69 Å². The summed E-state index contributed by atoms with van der Waals surface area (Å²) in [7, 11) is 0. The molecule has 0 fully saturated rings. The first-order valence-corrected chi connectivity index (χ1v) is 5.77. The highest BCUT2D eigenvalue weighted by Crippen LogP contribution is 2.31. The van der Waals surface area contributed by atoms with Crippen molar-refractivity contribution in [3.05, 3.63) is 38.8 Å². The van der Waals surface area contributed by atoms with Crippen molar-refractivity contribution >= 4 is 56.6 Å². The van der Waals surface area contributed by atoms with Crippen molar-refractivity contribution in [2.24, 2.45) is 0 Å². The Labute approximate surface area is 110 Å². The Hall–Kier alpha value is -0.840. The van der Waals surface area contributed by atoms with E-state index in [4.69, 9.17) is 23.2 Å². The van der Waals surface area contributed by atoms with Crippen molar-refractivity contribution in [3.63, 3.8) is 0 Å². The Bertz CT molecular complexity index is 503. The van der Waals surface area contributed by atoms with Gasteiger partial charge in [-0.15, -0.1) is 0 Å². The number of anilines is 1. The van der Waals surface area contributed by atoms with E-state index >= 15 is 0 Å². The number of hydrogen-bond donors (Lipinski definition) is 0. The van der Waals surface area contributed by atoms with E-state index in [1.54, 1.807) is 24.3 Å². The maximum absolute atomic E-state index is 11.7. The minimum absolute atomic E-state index is 0.244. The second-order valence-electron chi connectivity index (χ2n) is 3.05. The SMILES string of the molecule is O=C1C(Cl)=C(Cl)C(=O)N1c1cccc(Br)c1. The van der Waals surface area contributed by atoms with Crippen LogP contribution >= 0.6 is 39.1 Å². The van der Waals surface area contributed by atoms with E-state index in [-0.39, 0.29) is 10.1 Å². The number of carbonyl (C=O) groups is 2. The lowest BCUT2D eigenvalue weighted by molar-refractivity contribution is -0.120. The van der Waals surface area contributed by atoms with Crippen LogP contribution in [0.4, 0.5) is 5.69 Å². The summed E-state index contributed by atoms with van der Waals surface area (Å²) in [6, 6.07) is 6.75. The highest BCUT2D eigenvalue weighted by atomic mass is 79.9. The van der Waals surface area contributed by atoms with Gasteiger partial charge in [0.25, 0.3) is 11.8 Å². The van der Waals surface area contributed by atoms with Crippen LogP contribution in [0.25, 0.3) is 0 Å². The summed E-state index contributed by atoms with van der Waals surface area (Å²) in [5.74, 6) is -1.20. The summed E-state index contributed by atoms with van der Waals surface area (Å²) >= 11 is 14.5.